The van der Waals surface area contributed by atoms with Crippen LogP contribution in [-0.4, -0.2) is 66.2 Å². The van der Waals surface area contributed by atoms with Crippen molar-refractivity contribution in [2.24, 2.45) is 0 Å². The molecular weight excluding hydrogens is 440 g/mol. The van der Waals surface area contributed by atoms with Crippen LogP contribution in [-0.2, 0) is 15.9 Å². The predicted molar refractivity (Wildman–Crippen MR) is 117 cm³/mol. The van der Waals surface area contributed by atoms with Crippen molar-refractivity contribution in [2.75, 3.05) is 18.9 Å². The molecule has 5 N–H and O–H groups in total. The van der Waals surface area contributed by atoms with Crippen LogP contribution < -0.4 is 5.73 Å². The lowest BCUT2D eigenvalue weighted by Gasteiger charge is -2.16. The Balaban J connectivity index is 1.23. The molecule has 5 rings (SSSR count). The number of aromatic amines is 1. The number of imidazole rings is 1. The van der Waals surface area contributed by atoms with Gasteiger partial charge in [-0.2, -0.15) is 0 Å². The normalized spacial score (nSPS) is 23.8. The number of fused-ring (bicyclic) bond motifs is 2. The number of benzene rings is 1. The molecule has 0 aliphatic carbocycles. The average Bonchev–Trinajstić information content (AvgIpc) is 3.43. The van der Waals surface area contributed by atoms with Crippen LogP contribution in [0.3, 0.4) is 0 Å². The standard InChI is InChI=1S/C19H20N6O4S2/c20-16-13-17(22-7-21-16)25(8-23-13)18-15(27)14(26)10(29-18)6-28-5-4-9-2-1-3-11-12(9)24-19(30)31-11/h1-3,7-8,10,14-15,18,26-27H,4-6H2,(H,24,30)(H2,20,21,22)/t10-,14-,15-,18-/m1/s1. The SMILES string of the molecule is Nc1ncnc2c1ncn2[C@@H]1O[C@H](COCCc2cccc3sc(=S)[nH]c23)[C@@H](O)[C@H]1O. The first-order valence-corrected chi connectivity index (χ1v) is 10.9. The Morgan fingerprint density at radius 1 is 1.26 bits per heavy atom. The van der Waals surface area contributed by atoms with E-state index in [1.165, 1.54) is 12.7 Å². The van der Waals surface area contributed by atoms with Crippen molar-refractivity contribution in [3.63, 3.8) is 0 Å². The van der Waals surface area contributed by atoms with Crippen LogP contribution in [0.5, 0.6) is 0 Å². The number of aromatic nitrogens is 5. The highest BCUT2D eigenvalue weighted by Gasteiger charge is 2.44. The van der Waals surface area contributed by atoms with Crippen LogP contribution in [0.4, 0.5) is 5.82 Å². The number of hydrogen-bond donors (Lipinski definition) is 4. The Hall–Kier alpha value is -2.48. The molecule has 10 nitrogen and oxygen atoms in total. The first-order valence-electron chi connectivity index (χ1n) is 9.66. The van der Waals surface area contributed by atoms with Crippen LogP contribution >= 0.6 is 23.6 Å². The van der Waals surface area contributed by atoms with E-state index in [0.29, 0.717) is 24.2 Å². The van der Waals surface area contributed by atoms with Gasteiger partial charge in [-0.05, 0) is 30.3 Å². The molecule has 31 heavy (non-hydrogen) atoms. The molecule has 1 aliphatic rings. The van der Waals surface area contributed by atoms with Gasteiger partial charge in [0.05, 0.1) is 29.8 Å². The summed E-state index contributed by atoms with van der Waals surface area (Å²) >= 11 is 6.77. The van der Waals surface area contributed by atoms with Crippen molar-refractivity contribution in [3.05, 3.63) is 40.4 Å². The average molecular weight is 461 g/mol. The molecule has 1 aliphatic heterocycles. The molecule has 0 spiro atoms. The third-order valence-electron chi connectivity index (χ3n) is 5.34. The van der Waals surface area contributed by atoms with Gasteiger partial charge in [-0.1, -0.05) is 12.1 Å². The third kappa shape index (κ3) is 3.71. The number of aliphatic hydroxyl groups is 2. The van der Waals surface area contributed by atoms with Crippen molar-refractivity contribution in [1.29, 1.82) is 0 Å². The van der Waals surface area contributed by atoms with Crippen LogP contribution in [0, 0.1) is 3.95 Å². The van der Waals surface area contributed by atoms with Gasteiger partial charge in [-0.15, -0.1) is 11.3 Å². The van der Waals surface area contributed by atoms with Gasteiger partial charge in [0.25, 0.3) is 0 Å². The second kappa shape index (κ2) is 8.22. The molecule has 162 valence electrons. The Morgan fingerprint density at radius 2 is 2.13 bits per heavy atom. The van der Waals surface area contributed by atoms with Crippen molar-refractivity contribution in [2.45, 2.75) is 31.0 Å². The van der Waals surface area contributed by atoms with Gasteiger partial charge in [0.15, 0.2) is 21.6 Å². The number of hydrogen-bond acceptors (Lipinski definition) is 10. The fraction of sp³-hybridized carbons (Fsp3) is 0.368. The summed E-state index contributed by atoms with van der Waals surface area (Å²) in [4.78, 5) is 15.5. The zero-order valence-corrected chi connectivity index (χ0v) is 17.8. The smallest absolute Gasteiger partial charge is 0.167 e. The molecule has 4 aromatic rings. The van der Waals surface area contributed by atoms with Gasteiger partial charge >= 0.3 is 0 Å². The van der Waals surface area contributed by atoms with E-state index in [0.717, 1.165) is 19.7 Å². The molecule has 4 atom stereocenters. The number of nitrogens with two attached hydrogens (primary N) is 1. The maximum Gasteiger partial charge on any atom is 0.167 e. The number of anilines is 1. The first kappa shape index (κ1) is 20.4. The number of para-hydroxylation sites is 1. The van der Waals surface area contributed by atoms with Crippen molar-refractivity contribution in [1.82, 2.24) is 24.5 Å². The van der Waals surface area contributed by atoms with E-state index in [9.17, 15) is 10.2 Å². The summed E-state index contributed by atoms with van der Waals surface area (Å²) in [7, 11) is 0. The second-order valence-electron chi connectivity index (χ2n) is 7.26. The molecule has 1 saturated heterocycles. The highest BCUT2D eigenvalue weighted by atomic mass is 32.1. The molecule has 0 bridgehead atoms. The van der Waals surface area contributed by atoms with Crippen LogP contribution in [0.25, 0.3) is 21.4 Å². The molecule has 0 amide bonds. The third-order valence-corrected chi connectivity index (χ3v) is 6.54. The summed E-state index contributed by atoms with van der Waals surface area (Å²) < 4.78 is 15.0. The van der Waals surface area contributed by atoms with E-state index in [2.05, 4.69) is 19.9 Å². The summed E-state index contributed by atoms with van der Waals surface area (Å²) in [6.45, 7) is 0.564. The van der Waals surface area contributed by atoms with Gasteiger partial charge in [-0.3, -0.25) is 4.57 Å². The number of nitrogens with one attached hydrogen (secondary N) is 1. The maximum atomic E-state index is 10.5. The van der Waals surface area contributed by atoms with E-state index in [1.807, 2.05) is 18.2 Å². The van der Waals surface area contributed by atoms with Gasteiger partial charge < -0.3 is 30.4 Å². The minimum absolute atomic E-state index is 0.133. The Morgan fingerprint density at radius 3 is 3.00 bits per heavy atom. The summed E-state index contributed by atoms with van der Waals surface area (Å²) in [5.41, 5.74) is 8.79. The Bertz CT molecular complexity index is 1290. The molecule has 1 fully saturated rings. The number of H-pyrrole nitrogens is 1. The molecule has 0 unspecified atom stereocenters. The number of rotatable bonds is 6. The Kier molecular flexibility index (Phi) is 5.42. The second-order valence-corrected chi connectivity index (χ2v) is 8.98. The quantitative estimate of drug-likeness (QED) is 0.249. The van der Waals surface area contributed by atoms with E-state index >= 15 is 0 Å². The minimum atomic E-state index is -1.16. The summed E-state index contributed by atoms with van der Waals surface area (Å²) in [6, 6.07) is 6.05. The zero-order chi connectivity index (χ0) is 21.5. The lowest BCUT2D eigenvalue weighted by Crippen LogP contribution is -2.34. The lowest BCUT2D eigenvalue weighted by molar-refractivity contribution is -0.0650. The predicted octanol–water partition coefficient (Wildman–Crippen LogP) is 1.56. The van der Waals surface area contributed by atoms with Gasteiger partial charge in [0, 0.05) is 0 Å². The summed E-state index contributed by atoms with van der Waals surface area (Å²) in [6.07, 6.45) is -0.377. The van der Waals surface area contributed by atoms with Crippen LogP contribution in [0.15, 0.2) is 30.9 Å². The van der Waals surface area contributed by atoms with Crippen molar-refractivity contribution in [3.8, 4) is 0 Å². The fourth-order valence-electron chi connectivity index (χ4n) is 3.77. The summed E-state index contributed by atoms with van der Waals surface area (Å²) in [5.74, 6) is 0.234. The number of thiazole rings is 1. The van der Waals surface area contributed by atoms with E-state index in [-0.39, 0.29) is 12.4 Å². The molecule has 0 saturated carbocycles. The molecule has 3 aromatic heterocycles. The fourth-order valence-corrected chi connectivity index (χ4v) is 4.93. The molecule has 0 radical (unpaired) electrons. The van der Waals surface area contributed by atoms with Crippen LogP contribution in [0.1, 0.15) is 11.8 Å². The monoisotopic (exact) mass is 460 g/mol. The number of aliphatic hydroxyl groups excluding tert-OH is 2. The Labute approximate surface area is 185 Å². The van der Waals surface area contributed by atoms with Gasteiger partial charge in [0.1, 0.15) is 30.2 Å². The van der Waals surface area contributed by atoms with E-state index in [1.54, 1.807) is 15.9 Å². The molecular formula is C19H20N6O4S2. The number of nitrogen functional groups attached to an aromatic ring is 1. The largest absolute Gasteiger partial charge is 0.387 e. The summed E-state index contributed by atoms with van der Waals surface area (Å²) in [5, 5.41) is 21.0. The zero-order valence-electron chi connectivity index (χ0n) is 16.2. The van der Waals surface area contributed by atoms with Crippen LogP contribution in [0.2, 0.25) is 0 Å². The first-order chi connectivity index (χ1) is 15.0. The van der Waals surface area contributed by atoms with Crippen molar-refractivity contribution < 1.29 is 19.7 Å². The van der Waals surface area contributed by atoms with E-state index in [4.69, 9.17) is 27.4 Å². The topological polar surface area (TPSA) is 144 Å². The lowest BCUT2D eigenvalue weighted by atomic mass is 10.1. The molecule has 1 aromatic carbocycles. The minimum Gasteiger partial charge on any atom is -0.387 e. The molecule has 4 heterocycles. The number of nitrogens with zero attached hydrogens (tertiary/aromatic N) is 4. The highest BCUT2D eigenvalue weighted by molar-refractivity contribution is 7.73. The highest BCUT2D eigenvalue weighted by Crippen LogP contribution is 2.32. The molecule has 12 heteroatoms. The number of ether oxygens (including phenoxy) is 2. The van der Waals surface area contributed by atoms with Crippen molar-refractivity contribution >= 4 is 50.8 Å². The van der Waals surface area contributed by atoms with Gasteiger partial charge in [0.2, 0.25) is 0 Å². The van der Waals surface area contributed by atoms with E-state index < -0.39 is 24.5 Å². The van der Waals surface area contributed by atoms with Gasteiger partial charge in [-0.25, -0.2) is 15.0 Å². The maximum absolute atomic E-state index is 10.5.